The fourth-order valence-electron chi connectivity index (χ4n) is 6.45. The predicted molar refractivity (Wildman–Crippen MR) is 196 cm³/mol. The zero-order chi connectivity index (χ0) is 36.8. The van der Waals surface area contributed by atoms with E-state index in [0.29, 0.717) is 63.5 Å². The summed E-state index contributed by atoms with van der Waals surface area (Å²) in [5.74, 6) is -1.25. The van der Waals surface area contributed by atoms with E-state index in [9.17, 15) is 24.0 Å². The topological polar surface area (TPSA) is 140 Å². The summed E-state index contributed by atoms with van der Waals surface area (Å²) in [6, 6.07) is 13.8. The minimum Gasteiger partial charge on any atom is -0.493 e. The van der Waals surface area contributed by atoms with Gasteiger partial charge in [-0.05, 0) is 56.3 Å². The number of hydrogen-bond donors (Lipinski definition) is 3. The van der Waals surface area contributed by atoms with E-state index in [4.69, 9.17) is 4.74 Å². The predicted octanol–water partition coefficient (Wildman–Crippen LogP) is 3.01. The van der Waals surface area contributed by atoms with Crippen molar-refractivity contribution in [1.29, 1.82) is 0 Å². The molecule has 1 saturated heterocycles. The first-order valence-electron chi connectivity index (χ1n) is 18.4. The number of benzene rings is 2. The second-order valence-electron chi connectivity index (χ2n) is 14.2. The number of amides is 5. The zero-order valence-electron chi connectivity index (χ0n) is 30.7. The summed E-state index contributed by atoms with van der Waals surface area (Å²) in [4.78, 5) is 74.1. The van der Waals surface area contributed by atoms with Gasteiger partial charge in [0, 0.05) is 52.6 Å². The van der Waals surface area contributed by atoms with Crippen molar-refractivity contribution in [3.05, 3.63) is 65.7 Å². The van der Waals surface area contributed by atoms with Crippen molar-refractivity contribution in [2.75, 3.05) is 53.4 Å². The molecule has 2 aromatic rings. The van der Waals surface area contributed by atoms with E-state index in [2.05, 4.69) is 20.9 Å². The highest BCUT2D eigenvalue weighted by Gasteiger charge is 2.32. The lowest BCUT2D eigenvalue weighted by atomic mass is 10.00. The molecule has 0 bridgehead atoms. The summed E-state index contributed by atoms with van der Waals surface area (Å²) < 4.78 is 6.04. The summed E-state index contributed by atoms with van der Waals surface area (Å²) in [6.07, 6.45) is 3.90. The highest BCUT2D eigenvalue weighted by Crippen LogP contribution is 2.20. The van der Waals surface area contributed by atoms with Gasteiger partial charge in [-0.1, -0.05) is 69.2 Å². The van der Waals surface area contributed by atoms with E-state index in [1.807, 2.05) is 51.2 Å². The minimum atomic E-state index is -0.960. The van der Waals surface area contributed by atoms with Crippen molar-refractivity contribution in [3.63, 3.8) is 0 Å². The molecule has 4 rings (SSSR count). The van der Waals surface area contributed by atoms with Crippen molar-refractivity contribution < 1.29 is 28.7 Å². The average Bonchev–Trinajstić information content (AvgIpc) is 3.12. The standard InChI is InChI=1S/C39H56N6O6/c1-28(2)26-32-37(48)42-33(27-29-14-8-7-9-15-29)38(49)44(4)20-12-5-6-13-25-51-34-17-11-10-16-30(34)36(47)41-31(18-19-35(46)40-32)39(50)45-23-21-43(3)22-24-45/h7-11,14-17,28,31-33H,5-6,12-13,18-27H2,1-4H3,(H,40,46)(H,41,47)(H,42,48)/t31-,32-,33-/m0/s1. The summed E-state index contributed by atoms with van der Waals surface area (Å²) in [6.45, 7) is 7.31. The van der Waals surface area contributed by atoms with Crippen LogP contribution in [0.4, 0.5) is 0 Å². The Morgan fingerprint density at radius 2 is 1.49 bits per heavy atom. The Morgan fingerprint density at radius 1 is 0.804 bits per heavy atom. The molecule has 0 saturated carbocycles. The molecular formula is C39H56N6O6. The molecule has 2 aliphatic heterocycles. The Hall–Kier alpha value is -4.45. The SMILES string of the molecule is CC(C)C[C@@H]1NC(=O)CC[C@@H](C(=O)N2CCN(C)CC2)NC(=O)c2ccccc2OCCCCCCN(C)C(=O)[C@H](Cc2ccccc2)NC1=O. The molecular weight excluding hydrogens is 648 g/mol. The number of para-hydroxylation sites is 1. The maximum Gasteiger partial charge on any atom is 0.255 e. The number of carbonyl (C=O) groups is 5. The number of hydrogen-bond acceptors (Lipinski definition) is 7. The van der Waals surface area contributed by atoms with E-state index < -0.39 is 35.8 Å². The molecule has 5 amide bonds. The summed E-state index contributed by atoms with van der Waals surface area (Å²) in [5, 5.41) is 8.75. The molecule has 2 heterocycles. The van der Waals surface area contributed by atoms with Gasteiger partial charge in [0.2, 0.25) is 23.6 Å². The van der Waals surface area contributed by atoms with Crippen molar-refractivity contribution in [2.24, 2.45) is 5.92 Å². The Morgan fingerprint density at radius 3 is 2.22 bits per heavy atom. The summed E-state index contributed by atoms with van der Waals surface area (Å²) in [5.41, 5.74) is 1.23. The maximum absolute atomic E-state index is 13.8. The molecule has 1 fully saturated rings. The molecule has 0 aliphatic carbocycles. The van der Waals surface area contributed by atoms with Gasteiger partial charge in [0.1, 0.15) is 23.9 Å². The first-order chi connectivity index (χ1) is 24.5. The van der Waals surface area contributed by atoms with Gasteiger partial charge in [-0.3, -0.25) is 24.0 Å². The first-order valence-corrected chi connectivity index (χ1v) is 18.4. The van der Waals surface area contributed by atoms with Crippen LogP contribution in [0.5, 0.6) is 5.75 Å². The minimum absolute atomic E-state index is 0.0434. The Kier molecular flexibility index (Phi) is 15.3. The molecule has 0 aromatic heterocycles. The Balaban J connectivity index is 1.58. The molecule has 12 heteroatoms. The first kappa shape index (κ1) is 39.3. The Labute approximate surface area is 302 Å². The van der Waals surface area contributed by atoms with Crippen molar-refractivity contribution >= 4 is 29.5 Å². The quantitative estimate of drug-likeness (QED) is 0.435. The van der Waals surface area contributed by atoms with Crippen LogP contribution >= 0.6 is 0 Å². The number of rotatable bonds is 5. The third-order valence-corrected chi connectivity index (χ3v) is 9.49. The summed E-state index contributed by atoms with van der Waals surface area (Å²) >= 11 is 0. The number of nitrogens with one attached hydrogen (secondary N) is 3. The van der Waals surface area contributed by atoms with Gasteiger partial charge in [-0.25, -0.2) is 0 Å². The van der Waals surface area contributed by atoms with Gasteiger partial charge < -0.3 is 35.4 Å². The fourth-order valence-corrected chi connectivity index (χ4v) is 6.45. The molecule has 0 radical (unpaired) electrons. The van der Waals surface area contributed by atoms with Gasteiger partial charge in [0.25, 0.3) is 5.91 Å². The number of carbonyl (C=O) groups excluding carboxylic acids is 5. The van der Waals surface area contributed by atoms with Crippen molar-refractivity contribution in [2.45, 2.75) is 83.3 Å². The second kappa shape index (κ2) is 19.8. The third-order valence-electron chi connectivity index (χ3n) is 9.49. The highest BCUT2D eigenvalue weighted by molar-refractivity contribution is 6.00. The normalized spacial score (nSPS) is 22.8. The van der Waals surface area contributed by atoms with Gasteiger partial charge in [0.05, 0.1) is 12.2 Å². The maximum atomic E-state index is 13.8. The number of nitrogens with zero attached hydrogens (tertiary/aromatic N) is 3. The van der Waals surface area contributed by atoms with E-state index in [1.54, 1.807) is 41.1 Å². The number of fused-ring (bicyclic) bond motifs is 1. The van der Waals surface area contributed by atoms with Crippen LogP contribution in [-0.2, 0) is 25.6 Å². The van der Waals surface area contributed by atoms with E-state index >= 15 is 0 Å². The van der Waals surface area contributed by atoms with Crippen LogP contribution in [0.15, 0.2) is 54.6 Å². The lowest BCUT2D eigenvalue weighted by molar-refractivity contribution is -0.136. The number of piperazine rings is 1. The number of likely N-dealkylation sites (N-methyl/N-ethyl adjacent to an activating group) is 2. The molecule has 2 aromatic carbocycles. The van der Waals surface area contributed by atoms with Crippen molar-refractivity contribution in [1.82, 2.24) is 30.7 Å². The van der Waals surface area contributed by atoms with E-state index in [1.165, 1.54) is 0 Å². The molecule has 278 valence electrons. The van der Waals surface area contributed by atoms with Crippen LogP contribution in [0.25, 0.3) is 0 Å². The van der Waals surface area contributed by atoms with Gasteiger partial charge >= 0.3 is 0 Å². The molecule has 3 atom stereocenters. The highest BCUT2D eigenvalue weighted by atomic mass is 16.5. The average molecular weight is 705 g/mol. The monoisotopic (exact) mass is 704 g/mol. The lowest BCUT2D eigenvalue weighted by Crippen LogP contribution is -2.55. The second-order valence-corrected chi connectivity index (χ2v) is 14.2. The van der Waals surface area contributed by atoms with Crippen LogP contribution in [-0.4, -0.2) is 116 Å². The molecule has 12 nitrogen and oxygen atoms in total. The van der Waals surface area contributed by atoms with Gasteiger partial charge in [-0.2, -0.15) is 0 Å². The molecule has 0 spiro atoms. The lowest BCUT2D eigenvalue weighted by Gasteiger charge is -2.35. The van der Waals surface area contributed by atoms with Gasteiger partial charge in [0.15, 0.2) is 0 Å². The van der Waals surface area contributed by atoms with Crippen LogP contribution in [0.1, 0.15) is 74.7 Å². The van der Waals surface area contributed by atoms with E-state index in [0.717, 1.165) is 31.2 Å². The van der Waals surface area contributed by atoms with Crippen molar-refractivity contribution in [3.8, 4) is 5.75 Å². The molecule has 51 heavy (non-hydrogen) atoms. The summed E-state index contributed by atoms with van der Waals surface area (Å²) in [7, 11) is 3.75. The fraction of sp³-hybridized carbons (Fsp3) is 0.564. The van der Waals surface area contributed by atoms with E-state index in [-0.39, 0.29) is 30.6 Å². The largest absolute Gasteiger partial charge is 0.493 e. The number of ether oxygens (including phenoxy) is 1. The Bertz CT molecular complexity index is 1460. The molecule has 3 N–H and O–H groups in total. The molecule has 2 aliphatic rings. The third kappa shape index (κ3) is 12.4. The van der Waals surface area contributed by atoms with Crippen LogP contribution in [0.2, 0.25) is 0 Å². The van der Waals surface area contributed by atoms with Gasteiger partial charge in [-0.15, -0.1) is 0 Å². The smallest absolute Gasteiger partial charge is 0.255 e. The van der Waals surface area contributed by atoms with Crippen LogP contribution < -0.4 is 20.7 Å². The molecule has 0 unspecified atom stereocenters. The van der Waals surface area contributed by atoms with Crippen LogP contribution in [0, 0.1) is 5.92 Å². The van der Waals surface area contributed by atoms with Crippen LogP contribution in [0.3, 0.4) is 0 Å². The zero-order valence-corrected chi connectivity index (χ0v) is 30.7.